The van der Waals surface area contributed by atoms with Crippen LogP contribution in [0, 0.1) is 0 Å². The fourth-order valence-corrected chi connectivity index (χ4v) is 2.53. The van der Waals surface area contributed by atoms with E-state index in [1.54, 1.807) is 6.07 Å². The van der Waals surface area contributed by atoms with Gasteiger partial charge in [-0.3, -0.25) is 4.79 Å². The average Bonchev–Trinajstić information content (AvgIpc) is 3.04. The molecule has 2 heterocycles. The Hall–Kier alpha value is -1.16. The first-order chi connectivity index (χ1) is 8.31. The topological polar surface area (TPSA) is 57.8 Å². The van der Waals surface area contributed by atoms with Crippen molar-refractivity contribution in [3.63, 3.8) is 0 Å². The number of hydrogen-bond donors (Lipinski definition) is 2. The van der Waals surface area contributed by atoms with Gasteiger partial charge in [0, 0.05) is 23.7 Å². The van der Waals surface area contributed by atoms with Gasteiger partial charge in [0.25, 0.3) is 5.56 Å². The molecule has 1 unspecified atom stereocenters. The van der Waals surface area contributed by atoms with Crippen LogP contribution < -0.4 is 10.9 Å². The Kier molecular flexibility index (Phi) is 2.97. The fourth-order valence-electron chi connectivity index (χ4n) is 2.53. The number of aromatic amines is 1. The van der Waals surface area contributed by atoms with Crippen molar-refractivity contribution in [3.8, 4) is 0 Å². The van der Waals surface area contributed by atoms with E-state index < -0.39 is 0 Å². The number of H-pyrrole nitrogens is 1. The van der Waals surface area contributed by atoms with Crippen LogP contribution in [0.4, 0.5) is 0 Å². The van der Waals surface area contributed by atoms with Crippen molar-refractivity contribution in [1.29, 1.82) is 0 Å². The molecular formula is C13H19N3O. The molecule has 0 aromatic carbocycles. The molecule has 1 aliphatic carbocycles. The summed E-state index contributed by atoms with van der Waals surface area (Å²) in [6.45, 7) is 1.14. The molecule has 0 bridgehead atoms. The van der Waals surface area contributed by atoms with Crippen LogP contribution in [0.25, 0.3) is 0 Å². The Balaban J connectivity index is 1.66. The predicted molar refractivity (Wildman–Crippen MR) is 66.2 cm³/mol. The third kappa shape index (κ3) is 2.75. The highest BCUT2D eigenvalue weighted by atomic mass is 16.1. The maximum absolute atomic E-state index is 11.5. The zero-order valence-corrected chi connectivity index (χ0v) is 10.0. The lowest BCUT2D eigenvalue weighted by Crippen LogP contribution is -2.22. The van der Waals surface area contributed by atoms with Crippen molar-refractivity contribution in [3.05, 3.63) is 27.9 Å². The van der Waals surface area contributed by atoms with Gasteiger partial charge < -0.3 is 10.3 Å². The minimum atomic E-state index is 0.0104. The first-order valence-electron chi connectivity index (χ1n) is 6.65. The molecule has 4 heteroatoms. The Labute approximate surface area is 101 Å². The molecule has 0 spiro atoms. The summed E-state index contributed by atoms with van der Waals surface area (Å²) < 4.78 is 0. The summed E-state index contributed by atoms with van der Waals surface area (Å²) in [7, 11) is 0. The summed E-state index contributed by atoms with van der Waals surface area (Å²) in [6.07, 6.45) is 6.91. The quantitative estimate of drug-likeness (QED) is 0.825. The second kappa shape index (κ2) is 4.61. The molecule has 1 saturated carbocycles. The van der Waals surface area contributed by atoms with Gasteiger partial charge in [-0.1, -0.05) is 0 Å². The minimum Gasteiger partial charge on any atom is -0.314 e. The van der Waals surface area contributed by atoms with Crippen LogP contribution in [0.2, 0.25) is 0 Å². The zero-order chi connectivity index (χ0) is 11.7. The SMILES string of the molecule is O=c1cc(CCC2CCCN2)nc(C2CC2)[nH]1. The zero-order valence-electron chi connectivity index (χ0n) is 10.0. The van der Waals surface area contributed by atoms with Crippen LogP contribution >= 0.6 is 0 Å². The second-order valence-corrected chi connectivity index (χ2v) is 5.23. The molecular weight excluding hydrogens is 214 g/mol. The Morgan fingerprint density at radius 2 is 2.24 bits per heavy atom. The summed E-state index contributed by atoms with van der Waals surface area (Å²) in [5.41, 5.74) is 0.973. The van der Waals surface area contributed by atoms with Gasteiger partial charge in [-0.2, -0.15) is 0 Å². The lowest BCUT2D eigenvalue weighted by Gasteiger charge is -2.09. The van der Waals surface area contributed by atoms with Crippen LogP contribution in [0.3, 0.4) is 0 Å². The van der Waals surface area contributed by atoms with Crippen LogP contribution in [-0.4, -0.2) is 22.6 Å². The van der Waals surface area contributed by atoms with Crippen molar-refractivity contribution in [2.45, 2.75) is 50.5 Å². The Morgan fingerprint density at radius 1 is 1.35 bits per heavy atom. The monoisotopic (exact) mass is 233 g/mol. The van der Waals surface area contributed by atoms with E-state index in [9.17, 15) is 4.79 Å². The van der Waals surface area contributed by atoms with Gasteiger partial charge in [-0.05, 0) is 45.1 Å². The summed E-state index contributed by atoms with van der Waals surface area (Å²) in [6, 6.07) is 2.28. The van der Waals surface area contributed by atoms with Gasteiger partial charge >= 0.3 is 0 Å². The number of aromatic nitrogens is 2. The Morgan fingerprint density at radius 3 is 2.94 bits per heavy atom. The standard InChI is InChI=1S/C13H19N3O/c17-12-8-11(6-5-10-2-1-7-14-10)15-13(16-12)9-3-4-9/h8-10,14H,1-7H2,(H,15,16,17). The number of rotatable bonds is 4. The molecule has 2 fully saturated rings. The first-order valence-corrected chi connectivity index (χ1v) is 6.65. The van der Waals surface area contributed by atoms with Crippen LogP contribution in [0.15, 0.2) is 10.9 Å². The van der Waals surface area contributed by atoms with Crippen molar-refractivity contribution < 1.29 is 0 Å². The van der Waals surface area contributed by atoms with E-state index in [0.29, 0.717) is 12.0 Å². The molecule has 1 aliphatic heterocycles. The molecule has 1 saturated heterocycles. The molecule has 1 aromatic rings. The predicted octanol–water partition coefficient (Wildman–Crippen LogP) is 1.33. The van der Waals surface area contributed by atoms with Gasteiger partial charge in [0.1, 0.15) is 5.82 Å². The summed E-state index contributed by atoms with van der Waals surface area (Å²) in [5, 5.41) is 3.48. The largest absolute Gasteiger partial charge is 0.314 e. The van der Waals surface area contributed by atoms with Crippen molar-refractivity contribution >= 4 is 0 Å². The van der Waals surface area contributed by atoms with E-state index in [0.717, 1.165) is 30.9 Å². The fraction of sp³-hybridized carbons (Fsp3) is 0.692. The molecule has 2 aliphatic rings. The highest BCUT2D eigenvalue weighted by Gasteiger charge is 2.26. The van der Waals surface area contributed by atoms with E-state index in [1.165, 1.54) is 25.7 Å². The van der Waals surface area contributed by atoms with Gasteiger partial charge in [0.15, 0.2) is 0 Å². The molecule has 2 N–H and O–H groups in total. The van der Waals surface area contributed by atoms with Gasteiger partial charge in [0.2, 0.25) is 0 Å². The Bertz CT molecular complexity index is 444. The summed E-state index contributed by atoms with van der Waals surface area (Å²) in [4.78, 5) is 19.0. The third-order valence-electron chi connectivity index (χ3n) is 3.69. The number of nitrogens with one attached hydrogen (secondary N) is 2. The molecule has 0 amide bonds. The molecule has 92 valence electrons. The highest BCUT2D eigenvalue weighted by molar-refractivity contribution is 5.10. The van der Waals surface area contributed by atoms with E-state index in [1.807, 2.05) is 0 Å². The van der Waals surface area contributed by atoms with Crippen LogP contribution in [-0.2, 0) is 6.42 Å². The highest BCUT2D eigenvalue weighted by Crippen LogP contribution is 2.37. The second-order valence-electron chi connectivity index (χ2n) is 5.23. The van der Waals surface area contributed by atoms with Crippen molar-refractivity contribution in [2.24, 2.45) is 0 Å². The normalized spacial score (nSPS) is 24.1. The smallest absolute Gasteiger partial charge is 0.251 e. The number of aryl methyl sites for hydroxylation is 1. The molecule has 4 nitrogen and oxygen atoms in total. The van der Waals surface area contributed by atoms with Gasteiger partial charge in [0.05, 0.1) is 0 Å². The molecule has 1 aromatic heterocycles. The third-order valence-corrected chi connectivity index (χ3v) is 3.69. The molecule has 1 atom stereocenters. The van der Waals surface area contributed by atoms with Crippen LogP contribution in [0.5, 0.6) is 0 Å². The van der Waals surface area contributed by atoms with E-state index in [2.05, 4.69) is 15.3 Å². The molecule has 3 rings (SSSR count). The van der Waals surface area contributed by atoms with E-state index in [-0.39, 0.29) is 5.56 Å². The van der Waals surface area contributed by atoms with Crippen molar-refractivity contribution in [1.82, 2.24) is 15.3 Å². The first kappa shape index (κ1) is 11.0. The van der Waals surface area contributed by atoms with Gasteiger partial charge in [-0.25, -0.2) is 4.98 Å². The average molecular weight is 233 g/mol. The number of hydrogen-bond acceptors (Lipinski definition) is 3. The minimum absolute atomic E-state index is 0.0104. The van der Waals surface area contributed by atoms with E-state index >= 15 is 0 Å². The number of nitrogens with zero attached hydrogens (tertiary/aromatic N) is 1. The maximum atomic E-state index is 11.5. The summed E-state index contributed by atoms with van der Waals surface area (Å²) in [5.74, 6) is 1.43. The van der Waals surface area contributed by atoms with E-state index in [4.69, 9.17) is 0 Å². The van der Waals surface area contributed by atoms with Crippen LogP contribution in [0.1, 0.15) is 49.5 Å². The lowest BCUT2D eigenvalue weighted by molar-refractivity contribution is 0.554. The maximum Gasteiger partial charge on any atom is 0.251 e. The van der Waals surface area contributed by atoms with Gasteiger partial charge in [-0.15, -0.1) is 0 Å². The summed E-state index contributed by atoms with van der Waals surface area (Å²) >= 11 is 0. The van der Waals surface area contributed by atoms with Crippen molar-refractivity contribution in [2.75, 3.05) is 6.54 Å². The molecule has 0 radical (unpaired) electrons. The molecule has 17 heavy (non-hydrogen) atoms. The lowest BCUT2D eigenvalue weighted by atomic mass is 10.1.